The molecule has 4 aromatic rings. The Balaban J connectivity index is 2.02. The van der Waals surface area contributed by atoms with E-state index >= 15 is 0 Å². The number of aromatic amines is 1. The van der Waals surface area contributed by atoms with Gasteiger partial charge in [0, 0.05) is 15.4 Å². The second-order valence-corrected chi connectivity index (χ2v) is 7.21. The molecule has 2 nitrogen and oxygen atoms in total. The Morgan fingerprint density at radius 1 is 0.926 bits per heavy atom. The summed E-state index contributed by atoms with van der Waals surface area (Å²) in [7, 11) is 0. The van der Waals surface area contributed by atoms with Crippen molar-refractivity contribution in [3.05, 3.63) is 99.7 Å². The van der Waals surface area contributed by atoms with E-state index in [1.165, 1.54) is 11.1 Å². The predicted molar refractivity (Wildman–Crippen MR) is 115 cm³/mol. The Morgan fingerprint density at radius 2 is 1.74 bits per heavy atom. The highest BCUT2D eigenvalue weighted by Crippen LogP contribution is 2.38. The summed E-state index contributed by atoms with van der Waals surface area (Å²) in [5, 5.41) is 9.54. The maximum atomic E-state index is 6.57. The highest BCUT2D eigenvalue weighted by atomic mass is 35.5. The van der Waals surface area contributed by atoms with Gasteiger partial charge in [-0.15, -0.1) is 0 Å². The Bertz CT molecular complexity index is 1130. The Kier molecular flexibility index (Phi) is 5.02. The van der Waals surface area contributed by atoms with E-state index in [0.29, 0.717) is 10.0 Å². The molecule has 0 bridgehead atoms. The van der Waals surface area contributed by atoms with Gasteiger partial charge < -0.3 is 0 Å². The Morgan fingerprint density at radius 3 is 2.48 bits per heavy atom. The largest absolute Gasteiger partial charge is 0.278 e. The zero-order valence-electron chi connectivity index (χ0n) is 14.8. The van der Waals surface area contributed by atoms with Crippen molar-refractivity contribution in [2.75, 3.05) is 0 Å². The number of allylic oxidation sites excluding steroid dienone is 1. The van der Waals surface area contributed by atoms with Crippen molar-refractivity contribution in [1.29, 1.82) is 0 Å². The molecule has 0 unspecified atom stereocenters. The Labute approximate surface area is 168 Å². The normalized spacial score (nSPS) is 12.3. The molecule has 1 heterocycles. The summed E-state index contributed by atoms with van der Waals surface area (Å²) in [6.07, 6.45) is 2.69. The standard InChI is InChI=1S/C23H18Cl2N2/c1-2-19(20-10-9-18(24)13-21(20)25)23(15-6-4-3-5-7-15)16-8-11-22-17(12-16)14-26-27-22/h3-14H,2H2,1H3,(H,26,27)/b23-19+. The summed E-state index contributed by atoms with van der Waals surface area (Å²) >= 11 is 12.7. The lowest BCUT2D eigenvalue weighted by Crippen LogP contribution is -1.96. The van der Waals surface area contributed by atoms with E-state index in [0.717, 1.165) is 34.0 Å². The number of fused-ring (bicyclic) bond motifs is 1. The SMILES string of the molecule is CC/C(=C(/c1ccccc1)c1ccc2[nH]ncc2c1)c1ccc(Cl)cc1Cl. The molecule has 1 N–H and O–H groups in total. The van der Waals surface area contributed by atoms with Gasteiger partial charge in [0.15, 0.2) is 0 Å². The predicted octanol–water partition coefficient (Wildman–Crippen LogP) is 7.24. The molecule has 0 aliphatic heterocycles. The summed E-state index contributed by atoms with van der Waals surface area (Å²) in [5.41, 5.74) is 6.68. The lowest BCUT2D eigenvalue weighted by Gasteiger charge is -2.17. The summed E-state index contributed by atoms with van der Waals surface area (Å²) in [6, 6.07) is 22.5. The summed E-state index contributed by atoms with van der Waals surface area (Å²) in [6.45, 7) is 2.15. The zero-order chi connectivity index (χ0) is 18.8. The number of benzene rings is 3. The number of aromatic nitrogens is 2. The average molecular weight is 393 g/mol. The van der Waals surface area contributed by atoms with Crippen molar-refractivity contribution >= 4 is 45.3 Å². The number of H-pyrrole nitrogens is 1. The fourth-order valence-electron chi connectivity index (χ4n) is 3.45. The van der Waals surface area contributed by atoms with E-state index in [9.17, 15) is 0 Å². The first-order valence-electron chi connectivity index (χ1n) is 8.85. The first-order valence-corrected chi connectivity index (χ1v) is 9.60. The van der Waals surface area contributed by atoms with Gasteiger partial charge in [-0.1, -0.05) is 72.6 Å². The average Bonchev–Trinajstić information content (AvgIpc) is 3.15. The van der Waals surface area contributed by atoms with E-state index in [4.69, 9.17) is 23.2 Å². The molecular formula is C23H18Cl2N2. The minimum Gasteiger partial charge on any atom is -0.278 e. The first kappa shape index (κ1) is 17.8. The second kappa shape index (κ2) is 7.59. The van der Waals surface area contributed by atoms with Crippen molar-refractivity contribution in [2.45, 2.75) is 13.3 Å². The molecule has 0 aliphatic rings. The van der Waals surface area contributed by atoms with Crippen LogP contribution in [0.15, 0.2) is 72.9 Å². The molecule has 1 aromatic heterocycles. The molecule has 0 aliphatic carbocycles. The minimum absolute atomic E-state index is 0.639. The molecule has 134 valence electrons. The topological polar surface area (TPSA) is 28.7 Å². The van der Waals surface area contributed by atoms with Crippen molar-refractivity contribution in [3.8, 4) is 0 Å². The highest BCUT2D eigenvalue weighted by molar-refractivity contribution is 6.36. The molecule has 3 aromatic carbocycles. The van der Waals surface area contributed by atoms with Gasteiger partial charge >= 0.3 is 0 Å². The van der Waals surface area contributed by atoms with Crippen LogP contribution in [0.1, 0.15) is 30.0 Å². The smallest absolute Gasteiger partial charge is 0.0650 e. The van der Waals surface area contributed by atoms with Crippen LogP contribution in [0.3, 0.4) is 0 Å². The Hall–Kier alpha value is -2.55. The van der Waals surface area contributed by atoms with Crippen molar-refractivity contribution in [2.24, 2.45) is 0 Å². The van der Waals surface area contributed by atoms with Crippen LogP contribution in [0.2, 0.25) is 10.0 Å². The number of rotatable bonds is 4. The van der Waals surface area contributed by atoms with Crippen LogP contribution in [0, 0.1) is 0 Å². The summed E-state index contributed by atoms with van der Waals surface area (Å²) in [4.78, 5) is 0. The van der Waals surface area contributed by atoms with Gasteiger partial charge in [-0.05, 0) is 58.5 Å². The van der Waals surface area contributed by atoms with E-state index < -0.39 is 0 Å². The fraction of sp³-hybridized carbons (Fsp3) is 0.0870. The number of halogens is 2. The maximum Gasteiger partial charge on any atom is 0.0650 e. The van der Waals surface area contributed by atoms with Gasteiger partial charge in [-0.25, -0.2) is 0 Å². The van der Waals surface area contributed by atoms with Gasteiger partial charge in [0.1, 0.15) is 0 Å². The molecule has 0 saturated heterocycles. The molecule has 0 atom stereocenters. The van der Waals surface area contributed by atoms with Crippen LogP contribution in [0.5, 0.6) is 0 Å². The summed E-state index contributed by atoms with van der Waals surface area (Å²) in [5.74, 6) is 0. The van der Waals surface area contributed by atoms with Gasteiger partial charge in [0.2, 0.25) is 0 Å². The molecule has 27 heavy (non-hydrogen) atoms. The molecule has 0 fully saturated rings. The quantitative estimate of drug-likeness (QED) is 0.364. The van der Waals surface area contributed by atoms with Gasteiger partial charge in [0.05, 0.1) is 11.7 Å². The maximum absolute atomic E-state index is 6.57. The number of hydrogen-bond acceptors (Lipinski definition) is 1. The van der Waals surface area contributed by atoms with Crippen LogP contribution >= 0.6 is 23.2 Å². The number of nitrogens with zero attached hydrogens (tertiary/aromatic N) is 1. The van der Waals surface area contributed by atoms with E-state index in [1.807, 2.05) is 24.4 Å². The lowest BCUT2D eigenvalue weighted by atomic mass is 9.88. The third-order valence-corrected chi connectivity index (χ3v) is 5.25. The first-order chi connectivity index (χ1) is 13.2. The van der Waals surface area contributed by atoms with Crippen molar-refractivity contribution in [3.63, 3.8) is 0 Å². The lowest BCUT2D eigenvalue weighted by molar-refractivity contribution is 1.12. The van der Waals surface area contributed by atoms with Gasteiger partial charge in [-0.2, -0.15) is 5.10 Å². The zero-order valence-corrected chi connectivity index (χ0v) is 16.4. The monoisotopic (exact) mass is 392 g/mol. The molecule has 4 rings (SSSR count). The van der Waals surface area contributed by atoms with Gasteiger partial charge in [0.25, 0.3) is 0 Å². The second-order valence-electron chi connectivity index (χ2n) is 6.37. The van der Waals surface area contributed by atoms with E-state index in [1.54, 1.807) is 6.07 Å². The van der Waals surface area contributed by atoms with Crippen molar-refractivity contribution in [1.82, 2.24) is 10.2 Å². The number of hydrogen-bond donors (Lipinski definition) is 1. The van der Waals surface area contributed by atoms with Gasteiger partial charge in [-0.3, -0.25) is 5.10 Å². The van der Waals surface area contributed by atoms with Crippen molar-refractivity contribution < 1.29 is 0 Å². The molecule has 0 spiro atoms. The highest BCUT2D eigenvalue weighted by Gasteiger charge is 2.16. The van der Waals surface area contributed by atoms with E-state index in [2.05, 4.69) is 59.6 Å². The van der Waals surface area contributed by atoms with E-state index in [-0.39, 0.29) is 0 Å². The minimum atomic E-state index is 0.639. The third kappa shape index (κ3) is 3.51. The molecule has 0 saturated carbocycles. The summed E-state index contributed by atoms with van der Waals surface area (Å²) < 4.78 is 0. The number of nitrogens with one attached hydrogen (secondary N) is 1. The molecule has 0 radical (unpaired) electrons. The van der Waals surface area contributed by atoms with Crippen LogP contribution in [0.4, 0.5) is 0 Å². The molecular weight excluding hydrogens is 375 g/mol. The fourth-order valence-corrected chi connectivity index (χ4v) is 3.98. The molecule has 4 heteroatoms. The van der Waals surface area contributed by atoms with Crippen LogP contribution in [-0.2, 0) is 0 Å². The molecule has 0 amide bonds. The van der Waals surface area contributed by atoms with Crippen LogP contribution in [-0.4, -0.2) is 10.2 Å². The van der Waals surface area contributed by atoms with Crippen LogP contribution in [0.25, 0.3) is 22.0 Å². The van der Waals surface area contributed by atoms with Crippen LogP contribution < -0.4 is 0 Å². The third-order valence-electron chi connectivity index (χ3n) is 4.70.